The van der Waals surface area contributed by atoms with Gasteiger partial charge in [-0.3, -0.25) is 4.79 Å². The average molecular weight is 415 g/mol. The van der Waals surface area contributed by atoms with Crippen LogP contribution in [0.2, 0.25) is 0 Å². The SMILES string of the molecule is CCn1ncc2c1NCC(C(=O)NCc1ccc(OC)nc1)C2NC1CCOCC1. The Morgan fingerprint density at radius 2 is 2.17 bits per heavy atom. The Labute approximate surface area is 176 Å². The lowest BCUT2D eigenvalue weighted by Gasteiger charge is -2.36. The van der Waals surface area contributed by atoms with Crippen molar-refractivity contribution in [1.29, 1.82) is 0 Å². The van der Waals surface area contributed by atoms with E-state index in [0.717, 1.165) is 49.5 Å². The van der Waals surface area contributed by atoms with Crippen LogP contribution in [0, 0.1) is 5.92 Å². The molecule has 3 N–H and O–H groups in total. The second-order valence-corrected chi connectivity index (χ2v) is 7.71. The summed E-state index contributed by atoms with van der Waals surface area (Å²) in [7, 11) is 1.58. The molecular formula is C21H30N6O3. The fourth-order valence-electron chi connectivity index (χ4n) is 4.13. The summed E-state index contributed by atoms with van der Waals surface area (Å²) < 4.78 is 12.5. The van der Waals surface area contributed by atoms with E-state index in [1.165, 1.54) is 0 Å². The average Bonchev–Trinajstić information content (AvgIpc) is 3.22. The minimum atomic E-state index is -0.235. The molecule has 162 valence electrons. The van der Waals surface area contributed by atoms with Crippen molar-refractivity contribution in [2.24, 2.45) is 5.92 Å². The third kappa shape index (κ3) is 4.41. The first-order valence-electron chi connectivity index (χ1n) is 10.6. The molecule has 30 heavy (non-hydrogen) atoms. The van der Waals surface area contributed by atoms with Crippen molar-refractivity contribution in [2.45, 2.75) is 44.9 Å². The van der Waals surface area contributed by atoms with Gasteiger partial charge < -0.3 is 25.4 Å². The van der Waals surface area contributed by atoms with Gasteiger partial charge in [0.15, 0.2) is 0 Å². The van der Waals surface area contributed by atoms with E-state index >= 15 is 0 Å². The number of fused-ring (bicyclic) bond motifs is 1. The highest BCUT2D eigenvalue weighted by Gasteiger charge is 2.37. The number of nitrogens with zero attached hydrogens (tertiary/aromatic N) is 3. The quantitative estimate of drug-likeness (QED) is 0.631. The maximum absolute atomic E-state index is 13.1. The highest BCUT2D eigenvalue weighted by atomic mass is 16.5. The van der Waals surface area contributed by atoms with Crippen LogP contribution in [0.25, 0.3) is 0 Å². The number of methoxy groups -OCH3 is 1. The zero-order chi connectivity index (χ0) is 20.9. The normalized spacial score (nSPS) is 21.5. The molecule has 1 amide bonds. The van der Waals surface area contributed by atoms with Gasteiger partial charge in [-0.25, -0.2) is 9.67 Å². The Balaban J connectivity index is 1.48. The molecule has 4 rings (SSSR count). The fourth-order valence-corrected chi connectivity index (χ4v) is 4.13. The molecule has 0 bridgehead atoms. The topological polar surface area (TPSA) is 102 Å². The van der Waals surface area contributed by atoms with Crippen LogP contribution in [0.5, 0.6) is 5.88 Å². The van der Waals surface area contributed by atoms with Gasteiger partial charge in [-0.1, -0.05) is 6.07 Å². The molecule has 2 aromatic rings. The molecule has 2 unspecified atom stereocenters. The first kappa shape index (κ1) is 20.6. The molecule has 2 aliphatic rings. The highest BCUT2D eigenvalue weighted by molar-refractivity contribution is 5.81. The summed E-state index contributed by atoms with van der Waals surface area (Å²) in [6.45, 7) is 5.35. The van der Waals surface area contributed by atoms with E-state index in [2.05, 4.69) is 33.0 Å². The summed E-state index contributed by atoms with van der Waals surface area (Å²) in [6.07, 6.45) is 5.51. The number of carbonyl (C=O) groups excluding carboxylic acids is 1. The van der Waals surface area contributed by atoms with E-state index in [1.54, 1.807) is 19.4 Å². The Morgan fingerprint density at radius 3 is 2.87 bits per heavy atom. The predicted octanol–water partition coefficient (Wildman–Crippen LogP) is 1.47. The number of amides is 1. The lowest BCUT2D eigenvalue weighted by atomic mass is 9.88. The summed E-state index contributed by atoms with van der Waals surface area (Å²) >= 11 is 0. The molecule has 0 saturated carbocycles. The van der Waals surface area contributed by atoms with Gasteiger partial charge in [0.25, 0.3) is 0 Å². The lowest BCUT2D eigenvalue weighted by Crippen LogP contribution is -2.48. The minimum Gasteiger partial charge on any atom is -0.481 e. The number of anilines is 1. The van der Waals surface area contributed by atoms with Gasteiger partial charge in [-0.05, 0) is 25.3 Å². The molecule has 1 saturated heterocycles. The fraction of sp³-hybridized carbons (Fsp3) is 0.571. The molecule has 9 heteroatoms. The van der Waals surface area contributed by atoms with Crippen LogP contribution in [-0.4, -0.2) is 53.6 Å². The van der Waals surface area contributed by atoms with Gasteiger partial charge in [0.05, 0.1) is 25.3 Å². The maximum atomic E-state index is 13.1. The Kier molecular flexibility index (Phi) is 6.49. The van der Waals surface area contributed by atoms with Gasteiger partial charge in [0, 0.05) is 56.7 Å². The first-order chi connectivity index (χ1) is 14.7. The molecule has 0 spiro atoms. The van der Waals surface area contributed by atoms with Gasteiger partial charge in [-0.2, -0.15) is 5.10 Å². The third-order valence-corrected chi connectivity index (χ3v) is 5.84. The molecule has 0 aromatic carbocycles. The number of pyridine rings is 1. The van der Waals surface area contributed by atoms with Crippen LogP contribution in [0.4, 0.5) is 5.82 Å². The Bertz CT molecular complexity index is 847. The number of hydrogen-bond acceptors (Lipinski definition) is 7. The molecule has 0 aliphatic carbocycles. The van der Waals surface area contributed by atoms with E-state index in [0.29, 0.717) is 25.0 Å². The van der Waals surface area contributed by atoms with E-state index in [4.69, 9.17) is 9.47 Å². The molecule has 9 nitrogen and oxygen atoms in total. The summed E-state index contributed by atoms with van der Waals surface area (Å²) in [5.74, 6) is 1.34. The molecule has 4 heterocycles. The van der Waals surface area contributed by atoms with Gasteiger partial charge >= 0.3 is 0 Å². The Hall–Kier alpha value is -2.65. The summed E-state index contributed by atoms with van der Waals surface area (Å²) in [5.41, 5.74) is 1.99. The van der Waals surface area contributed by atoms with Crippen LogP contribution < -0.4 is 20.7 Å². The second kappa shape index (κ2) is 9.44. The van der Waals surface area contributed by atoms with Gasteiger partial charge in [0.2, 0.25) is 11.8 Å². The van der Waals surface area contributed by atoms with Crippen LogP contribution in [0.1, 0.15) is 36.9 Å². The number of nitrogens with one attached hydrogen (secondary N) is 3. The van der Waals surface area contributed by atoms with Crippen LogP contribution >= 0.6 is 0 Å². The number of ether oxygens (including phenoxy) is 2. The largest absolute Gasteiger partial charge is 0.481 e. The second-order valence-electron chi connectivity index (χ2n) is 7.71. The van der Waals surface area contributed by atoms with Crippen molar-refractivity contribution in [3.05, 3.63) is 35.7 Å². The highest BCUT2D eigenvalue weighted by Crippen LogP contribution is 2.34. The molecule has 1 fully saturated rings. The molecule has 0 radical (unpaired) electrons. The van der Waals surface area contributed by atoms with E-state index in [-0.39, 0.29) is 17.9 Å². The predicted molar refractivity (Wildman–Crippen MR) is 112 cm³/mol. The van der Waals surface area contributed by atoms with Gasteiger partial charge in [-0.15, -0.1) is 0 Å². The maximum Gasteiger partial charge on any atom is 0.227 e. The summed E-state index contributed by atoms with van der Waals surface area (Å²) in [5, 5.41) is 14.7. The van der Waals surface area contributed by atoms with E-state index in [1.807, 2.05) is 16.9 Å². The zero-order valence-electron chi connectivity index (χ0n) is 17.6. The van der Waals surface area contributed by atoms with Crippen molar-refractivity contribution >= 4 is 11.7 Å². The van der Waals surface area contributed by atoms with E-state index < -0.39 is 0 Å². The van der Waals surface area contributed by atoms with Crippen molar-refractivity contribution in [3.8, 4) is 5.88 Å². The van der Waals surface area contributed by atoms with Crippen molar-refractivity contribution in [3.63, 3.8) is 0 Å². The summed E-state index contributed by atoms with van der Waals surface area (Å²) in [6, 6.07) is 3.95. The van der Waals surface area contributed by atoms with Crippen molar-refractivity contribution in [1.82, 2.24) is 25.4 Å². The number of hydrogen-bond donors (Lipinski definition) is 3. The first-order valence-corrected chi connectivity index (χ1v) is 10.6. The Morgan fingerprint density at radius 1 is 1.33 bits per heavy atom. The number of carbonyl (C=O) groups is 1. The molecule has 2 atom stereocenters. The molecule has 2 aromatic heterocycles. The monoisotopic (exact) mass is 414 g/mol. The minimum absolute atomic E-state index is 0.0118. The summed E-state index contributed by atoms with van der Waals surface area (Å²) in [4.78, 5) is 17.3. The molecule has 2 aliphatic heterocycles. The number of aromatic nitrogens is 3. The molecular weight excluding hydrogens is 384 g/mol. The van der Waals surface area contributed by atoms with Crippen LogP contribution in [0.15, 0.2) is 24.5 Å². The van der Waals surface area contributed by atoms with Crippen molar-refractivity contribution in [2.75, 3.05) is 32.2 Å². The smallest absolute Gasteiger partial charge is 0.227 e. The van der Waals surface area contributed by atoms with Crippen LogP contribution in [0.3, 0.4) is 0 Å². The van der Waals surface area contributed by atoms with Gasteiger partial charge in [0.1, 0.15) is 5.82 Å². The lowest BCUT2D eigenvalue weighted by molar-refractivity contribution is -0.126. The number of rotatable bonds is 7. The van der Waals surface area contributed by atoms with E-state index in [9.17, 15) is 4.79 Å². The zero-order valence-corrected chi connectivity index (χ0v) is 17.6. The van der Waals surface area contributed by atoms with Crippen molar-refractivity contribution < 1.29 is 14.3 Å². The third-order valence-electron chi connectivity index (χ3n) is 5.84. The standard InChI is InChI=1S/C21H30N6O3/c1-3-27-20-16(13-25-27)19(26-15-6-8-30-9-7-15)17(12-23-20)21(28)24-11-14-4-5-18(29-2)22-10-14/h4-5,10,13,15,17,19,23,26H,3,6-9,11-12H2,1-2H3,(H,24,28). The van der Waals surface area contributed by atoms with Crippen LogP contribution in [-0.2, 0) is 22.6 Å². The number of aryl methyl sites for hydroxylation is 1.